The highest BCUT2D eigenvalue weighted by Gasteiger charge is 2.19. The summed E-state index contributed by atoms with van der Waals surface area (Å²) >= 11 is 0. The Morgan fingerprint density at radius 3 is 1.79 bits per heavy atom. The summed E-state index contributed by atoms with van der Waals surface area (Å²) in [7, 11) is 0. The van der Waals surface area contributed by atoms with Gasteiger partial charge in [0.25, 0.3) is 0 Å². The number of nitrogens with zero attached hydrogens (tertiary/aromatic N) is 3. The van der Waals surface area contributed by atoms with Crippen molar-refractivity contribution >= 4 is 11.1 Å². The molecule has 1 heterocycles. The van der Waals surface area contributed by atoms with Crippen molar-refractivity contribution in [3.63, 3.8) is 0 Å². The Labute approximate surface area is 194 Å². The van der Waals surface area contributed by atoms with Crippen LogP contribution in [-0.4, -0.2) is 14.8 Å². The summed E-state index contributed by atoms with van der Waals surface area (Å²) in [5, 5.41) is 9.17. The lowest BCUT2D eigenvalue weighted by Crippen LogP contribution is -2.10. The highest BCUT2D eigenvalue weighted by Crippen LogP contribution is 2.30. The molecule has 0 unspecified atom stereocenters. The molecular formula is C30H25N3. The number of rotatable bonds is 4. The van der Waals surface area contributed by atoms with Crippen LogP contribution in [0.2, 0.25) is 0 Å². The van der Waals surface area contributed by atoms with Gasteiger partial charge >= 0.3 is 0 Å². The summed E-state index contributed by atoms with van der Waals surface area (Å²) < 4.78 is 2.09. The molecule has 0 radical (unpaired) electrons. The smallest absolute Gasteiger partial charge is 0.177 e. The lowest BCUT2D eigenvalue weighted by Gasteiger charge is -2.19. The minimum absolute atomic E-state index is 0.0993. The van der Waals surface area contributed by atoms with E-state index in [1.807, 2.05) is 42.5 Å². The molecule has 0 saturated carbocycles. The van der Waals surface area contributed by atoms with Crippen LogP contribution in [0.4, 0.5) is 0 Å². The molecule has 0 spiro atoms. The molecule has 1 aliphatic carbocycles. The number of hydrogen-bond acceptors (Lipinski definition) is 2. The van der Waals surface area contributed by atoms with Crippen LogP contribution in [0, 0.1) is 0 Å². The van der Waals surface area contributed by atoms with Crippen molar-refractivity contribution in [1.29, 1.82) is 0 Å². The fourth-order valence-electron chi connectivity index (χ4n) is 3.89. The molecule has 0 fully saturated rings. The first kappa shape index (κ1) is 20.7. The zero-order valence-electron chi connectivity index (χ0n) is 19.1. The maximum Gasteiger partial charge on any atom is 0.177 e. The number of benzene rings is 3. The molecule has 0 bridgehead atoms. The lowest BCUT2D eigenvalue weighted by atomic mass is 9.86. The third-order valence-electron chi connectivity index (χ3n) is 5.76. The van der Waals surface area contributed by atoms with Crippen LogP contribution in [0.1, 0.15) is 37.7 Å². The van der Waals surface area contributed by atoms with Crippen LogP contribution < -0.4 is 0 Å². The summed E-state index contributed by atoms with van der Waals surface area (Å²) in [6.07, 6.45) is 4.09. The van der Waals surface area contributed by atoms with Crippen LogP contribution in [0.15, 0.2) is 109 Å². The summed E-state index contributed by atoms with van der Waals surface area (Å²) in [6, 6.07) is 29.0. The molecule has 0 aliphatic heterocycles. The zero-order valence-corrected chi connectivity index (χ0v) is 19.1. The van der Waals surface area contributed by atoms with Crippen molar-refractivity contribution < 1.29 is 0 Å². The van der Waals surface area contributed by atoms with Crippen molar-refractivity contribution in [3.05, 3.63) is 125 Å². The van der Waals surface area contributed by atoms with Crippen LogP contribution in [-0.2, 0) is 5.41 Å². The van der Waals surface area contributed by atoms with E-state index in [4.69, 9.17) is 0 Å². The van der Waals surface area contributed by atoms with Crippen molar-refractivity contribution in [1.82, 2.24) is 14.8 Å². The average molecular weight is 428 g/mol. The van der Waals surface area contributed by atoms with Crippen LogP contribution in [0.25, 0.3) is 28.2 Å². The van der Waals surface area contributed by atoms with Crippen molar-refractivity contribution in [2.45, 2.75) is 26.2 Å². The first-order valence-corrected chi connectivity index (χ1v) is 11.1. The molecule has 0 atom stereocenters. The standard InChI is InChI=1S/C30H25N3/c1-30(2,3)26-20-18-25(19-21-26)29-32-31-28(33(29)27-12-8-5-9-13-27)24-16-14-23(15-17-24)22-10-6-4-7-11-22/h4-14,16,18-21H,1-3H3. The van der Waals surface area contributed by atoms with Crippen LogP contribution in [0.3, 0.4) is 0 Å². The van der Waals surface area contributed by atoms with Crippen molar-refractivity contribution in [2.75, 3.05) is 0 Å². The van der Waals surface area contributed by atoms with Gasteiger partial charge in [0.1, 0.15) is 0 Å². The molecule has 3 nitrogen and oxygen atoms in total. The highest BCUT2D eigenvalue weighted by atomic mass is 15.3. The maximum atomic E-state index is 4.59. The number of aromatic nitrogens is 3. The molecule has 1 aromatic heterocycles. The Hall–Kier alpha value is -4.16. The predicted octanol–water partition coefficient (Wildman–Crippen LogP) is 7.02. The van der Waals surface area contributed by atoms with E-state index >= 15 is 0 Å². The Balaban J connectivity index is 1.65. The molecule has 0 N–H and O–H groups in total. The molecule has 160 valence electrons. The van der Waals surface area contributed by atoms with Gasteiger partial charge in [-0.1, -0.05) is 105 Å². The van der Waals surface area contributed by atoms with Gasteiger partial charge in [-0.2, -0.15) is 0 Å². The molecule has 0 saturated heterocycles. The first-order chi connectivity index (χ1) is 16.0. The largest absolute Gasteiger partial charge is 0.274 e. The predicted molar refractivity (Wildman–Crippen MR) is 135 cm³/mol. The molecule has 5 rings (SSSR count). The third kappa shape index (κ3) is 4.16. The second-order valence-corrected chi connectivity index (χ2v) is 9.12. The summed E-state index contributed by atoms with van der Waals surface area (Å²) in [5.41, 5.74) is 13.0. The van der Waals surface area contributed by atoms with Gasteiger partial charge in [0.2, 0.25) is 0 Å². The molecule has 33 heavy (non-hydrogen) atoms. The van der Waals surface area contributed by atoms with E-state index < -0.39 is 0 Å². The van der Waals surface area contributed by atoms with E-state index in [0.29, 0.717) is 0 Å². The molecule has 0 amide bonds. The quantitative estimate of drug-likeness (QED) is 0.328. The monoisotopic (exact) mass is 427 g/mol. The van der Waals surface area contributed by atoms with E-state index in [0.717, 1.165) is 39.6 Å². The SMILES string of the molecule is CC(C)(C)c1ccc(-c2nnc(C3=C=C=C(c4ccccc4)C=C3)n2-c2ccccc2)cc1. The summed E-state index contributed by atoms with van der Waals surface area (Å²) in [6.45, 7) is 6.66. The van der Waals surface area contributed by atoms with Crippen LogP contribution in [0.5, 0.6) is 0 Å². The fourth-order valence-corrected chi connectivity index (χ4v) is 3.89. The van der Waals surface area contributed by atoms with Crippen molar-refractivity contribution in [2.24, 2.45) is 0 Å². The van der Waals surface area contributed by atoms with Crippen LogP contribution >= 0.6 is 0 Å². The molecule has 3 aromatic carbocycles. The molecule has 4 aromatic rings. The van der Waals surface area contributed by atoms with E-state index in [-0.39, 0.29) is 5.41 Å². The minimum Gasteiger partial charge on any atom is -0.274 e. The second kappa shape index (κ2) is 8.41. The van der Waals surface area contributed by atoms with E-state index in [1.165, 1.54) is 5.56 Å². The van der Waals surface area contributed by atoms with Gasteiger partial charge in [-0.15, -0.1) is 10.2 Å². The van der Waals surface area contributed by atoms with Gasteiger partial charge in [-0.25, -0.2) is 0 Å². The number of para-hydroxylation sites is 1. The Morgan fingerprint density at radius 1 is 0.606 bits per heavy atom. The van der Waals surface area contributed by atoms with Gasteiger partial charge in [0.05, 0.1) is 5.57 Å². The highest BCUT2D eigenvalue weighted by molar-refractivity contribution is 5.83. The van der Waals surface area contributed by atoms with Gasteiger partial charge in [-0.05, 0) is 40.8 Å². The van der Waals surface area contributed by atoms with Gasteiger partial charge in [-0.3, -0.25) is 4.57 Å². The number of allylic oxidation sites excluding steroid dienone is 4. The maximum absolute atomic E-state index is 4.59. The molecular weight excluding hydrogens is 402 g/mol. The van der Waals surface area contributed by atoms with Crippen molar-refractivity contribution in [3.8, 4) is 17.1 Å². The van der Waals surface area contributed by atoms with Gasteiger partial charge < -0.3 is 0 Å². The van der Waals surface area contributed by atoms with E-state index in [2.05, 4.69) is 102 Å². The topological polar surface area (TPSA) is 30.7 Å². The van der Waals surface area contributed by atoms with E-state index in [9.17, 15) is 0 Å². The summed E-state index contributed by atoms with van der Waals surface area (Å²) in [4.78, 5) is 0. The first-order valence-electron chi connectivity index (χ1n) is 11.1. The average Bonchev–Trinajstić information content (AvgIpc) is 3.30. The Morgan fingerprint density at radius 2 is 1.18 bits per heavy atom. The van der Waals surface area contributed by atoms with Gasteiger partial charge in [0, 0.05) is 16.8 Å². The second-order valence-electron chi connectivity index (χ2n) is 9.12. The Bertz CT molecular complexity index is 1420. The lowest BCUT2D eigenvalue weighted by molar-refractivity contribution is 0.590. The molecule has 3 heteroatoms. The zero-order chi connectivity index (χ0) is 22.8. The normalized spacial score (nSPS) is 13.1. The third-order valence-corrected chi connectivity index (χ3v) is 5.76. The van der Waals surface area contributed by atoms with E-state index in [1.54, 1.807) is 0 Å². The minimum atomic E-state index is 0.0993. The number of hydrogen-bond donors (Lipinski definition) is 0. The Kier molecular flexibility index (Phi) is 5.28. The fraction of sp³-hybridized carbons (Fsp3) is 0.133. The summed E-state index contributed by atoms with van der Waals surface area (Å²) in [5.74, 6) is 1.55. The molecule has 1 aliphatic rings. The van der Waals surface area contributed by atoms with Gasteiger partial charge in [0.15, 0.2) is 11.6 Å².